The number of furan rings is 1. The fourth-order valence-corrected chi connectivity index (χ4v) is 3.17. The summed E-state index contributed by atoms with van der Waals surface area (Å²) in [5.41, 5.74) is 5.74. The van der Waals surface area contributed by atoms with Crippen LogP contribution in [0.15, 0.2) is 83.8 Å². The Morgan fingerprint density at radius 1 is 0.935 bits per heavy atom. The first kappa shape index (κ1) is 20.0. The number of aromatic nitrogens is 1. The molecule has 0 aliphatic carbocycles. The van der Waals surface area contributed by atoms with Gasteiger partial charge < -0.3 is 14.8 Å². The summed E-state index contributed by atoms with van der Waals surface area (Å²) >= 11 is 0. The summed E-state index contributed by atoms with van der Waals surface area (Å²) < 4.78 is 6.66. The Kier molecular flexibility index (Phi) is 5.55. The number of phenols is 1. The second kappa shape index (κ2) is 8.60. The van der Waals surface area contributed by atoms with E-state index in [4.69, 9.17) is 9.62 Å². The Morgan fingerprint density at radius 2 is 1.68 bits per heavy atom. The Morgan fingerprint density at radius 3 is 2.32 bits per heavy atom. The lowest BCUT2D eigenvalue weighted by atomic mass is 10.1. The quantitative estimate of drug-likeness (QED) is 0.289. The lowest BCUT2D eigenvalue weighted by molar-refractivity contribution is 0.0706. The van der Waals surface area contributed by atoms with Gasteiger partial charge in [-0.1, -0.05) is 12.1 Å². The van der Waals surface area contributed by atoms with E-state index in [1.807, 2.05) is 12.1 Å². The molecule has 4 N–H and O–H groups in total. The molecule has 0 aliphatic rings. The van der Waals surface area contributed by atoms with Gasteiger partial charge in [-0.25, -0.2) is 10.3 Å². The van der Waals surface area contributed by atoms with E-state index in [1.54, 1.807) is 72.7 Å². The van der Waals surface area contributed by atoms with E-state index < -0.39 is 5.91 Å². The van der Waals surface area contributed by atoms with Crippen molar-refractivity contribution in [3.63, 3.8) is 0 Å². The van der Waals surface area contributed by atoms with Crippen molar-refractivity contribution in [2.45, 2.75) is 6.54 Å². The van der Waals surface area contributed by atoms with E-state index in [0.29, 0.717) is 11.3 Å². The zero-order valence-electron chi connectivity index (χ0n) is 16.3. The van der Waals surface area contributed by atoms with Crippen LogP contribution in [0.25, 0.3) is 22.4 Å². The first-order chi connectivity index (χ1) is 15.0. The summed E-state index contributed by atoms with van der Waals surface area (Å²) in [6.45, 7) is 0.244. The van der Waals surface area contributed by atoms with Crippen LogP contribution in [0.1, 0.15) is 15.9 Å². The first-order valence-electron chi connectivity index (χ1n) is 9.41. The monoisotopic (exact) mass is 417 g/mol. The third-order valence-electron chi connectivity index (χ3n) is 4.82. The molecule has 0 spiro atoms. The second-order valence-corrected chi connectivity index (χ2v) is 6.84. The molecule has 0 saturated carbocycles. The number of nitrogens with zero attached hydrogens (tertiary/aromatic N) is 1. The number of hydroxylamine groups is 1. The van der Waals surface area contributed by atoms with Gasteiger partial charge in [-0.2, -0.15) is 0 Å². The number of nitrogens with one attached hydrogen (secondary N) is 2. The van der Waals surface area contributed by atoms with Crippen LogP contribution in [0, 0.1) is 0 Å². The maximum atomic E-state index is 13.0. The maximum Gasteiger partial charge on any atom is 0.326 e. The van der Waals surface area contributed by atoms with E-state index in [-0.39, 0.29) is 18.3 Å². The summed E-state index contributed by atoms with van der Waals surface area (Å²) in [6.07, 6.45) is 4.88. The molecule has 0 atom stereocenters. The number of amides is 2. The van der Waals surface area contributed by atoms with E-state index in [0.717, 1.165) is 22.3 Å². The molecule has 8 nitrogen and oxygen atoms in total. The van der Waals surface area contributed by atoms with Gasteiger partial charge in [0.05, 0.1) is 18.2 Å². The van der Waals surface area contributed by atoms with Gasteiger partial charge in [0, 0.05) is 29.4 Å². The fraction of sp³-hybridized carbons (Fsp3) is 0.0435. The molecule has 0 saturated heterocycles. The smallest absolute Gasteiger partial charge is 0.326 e. The highest BCUT2D eigenvalue weighted by Gasteiger charge is 2.16. The van der Waals surface area contributed by atoms with E-state index in [2.05, 4.69) is 5.32 Å². The van der Waals surface area contributed by atoms with Crippen molar-refractivity contribution in [3.05, 3.63) is 90.5 Å². The minimum absolute atomic E-state index is 0.139. The van der Waals surface area contributed by atoms with Crippen LogP contribution in [-0.2, 0) is 6.54 Å². The average Bonchev–Trinajstić information content (AvgIpc) is 3.48. The van der Waals surface area contributed by atoms with Gasteiger partial charge in [0.2, 0.25) is 0 Å². The highest BCUT2D eigenvalue weighted by Crippen LogP contribution is 2.30. The molecule has 2 aromatic heterocycles. The van der Waals surface area contributed by atoms with Crippen LogP contribution in [0.3, 0.4) is 0 Å². The average molecular weight is 417 g/mol. The Labute approximate surface area is 177 Å². The highest BCUT2D eigenvalue weighted by atomic mass is 16.5. The van der Waals surface area contributed by atoms with Crippen LogP contribution in [-0.4, -0.2) is 26.8 Å². The molecule has 0 aliphatic heterocycles. The third kappa shape index (κ3) is 4.34. The van der Waals surface area contributed by atoms with Gasteiger partial charge in [-0.3, -0.25) is 14.6 Å². The first-order valence-corrected chi connectivity index (χ1v) is 9.41. The number of rotatable bonds is 5. The van der Waals surface area contributed by atoms with Crippen LogP contribution in [0.2, 0.25) is 0 Å². The lowest BCUT2D eigenvalue weighted by Gasteiger charge is -2.10. The molecule has 2 amide bonds. The number of carbonyl (C=O) groups excluding carboxylic acids is 2. The third-order valence-corrected chi connectivity index (χ3v) is 4.82. The topological polar surface area (TPSA) is 117 Å². The van der Waals surface area contributed by atoms with E-state index in [1.165, 1.54) is 4.57 Å². The zero-order chi connectivity index (χ0) is 21.8. The predicted molar refractivity (Wildman–Crippen MR) is 113 cm³/mol. The largest absolute Gasteiger partial charge is 0.508 e. The number of aromatic hydroxyl groups is 1. The van der Waals surface area contributed by atoms with E-state index >= 15 is 0 Å². The Balaban J connectivity index is 1.58. The summed E-state index contributed by atoms with van der Waals surface area (Å²) in [4.78, 5) is 24.4. The van der Waals surface area contributed by atoms with Crippen LogP contribution in [0.5, 0.6) is 5.75 Å². The molecule has 0 bridgehead atoms. The molecule has 4 rings (SSSR count). The normalized spacial score (nSPS) is 10.6. The highest BCUT2D eigenvalue weighted by molar-refractivity contribution is 5.93. The van der Waals surface area contributed by atoms with Crippen molar-refractivity contribution in [1.29, 1.82) is 0 Å². The van der Waals surface area contributed by atoms with Crippen molar-refractivity contribution >= 4 is 11.9 Å². The standard InChI is InChI=1S/C23H19N3O5/c27-20-7-5-16(6-8-20)21-11-19(18-9-10-31-14-18)13-26(21)23(29)24-12-15-1-3-17(4-2-15)22(28)25-30/h1-11,13-14,27,30H,12H2,(H,24,29)(H,25,28). The van der Waals surface area contributed by atoms with Gasteiger partial charge in [0.15, 0.2) is 0 Å². The van der Waals surface area contributed by atoms with Gasteiger partial charge in [-0.05, 0) is 59.7 Å². The van der Waals surface area contributed by atoms with Crippen molar-refractivity contribution < 1.29 is 24.3 Å². The van der Waals surface area contributed by atoms with Crippen LogP contribution >= 0.6 is 0 Å². The summed E-state index contributed by atoms with van der Waals surface area (Å²) in [6, 6.07) is 16.4. The second-order valence-electron chi connectivity index (χ2n) is 6.84. The molecule has 8 heteroatoms. The number of carbonyl (C=O) groups is 2. The van der Waals surface area contributed by atoms with Crippen molar-refractivity contribution in [2.24, 2.45) is 0 Å². The number of benzene rings is 2. The number of hydrogen-bond acceptors (Lipinski definition) is 5. The van der Waals surface area contributed by atoms with Crippen LogP contribution in [0.4, 0.5) is 4.79 Å². The predicted octanol–water partition coefficient (Wildman–Crippen LogP) is 4.00. The Hall–Kier alpha value is -4.30. The van der Waals surface area contributed by atoms with Gasteiger partial charge >= 0.3 is 6.03 Å². The zero-order valence-corrected chi connectivity index (χ0v) is 16.3. The molecular formula is C23H19N3O5. The molecule has 31 heavy (non-hydrogen) atoms. The summed E-state index contributed by atoms with van der Waals surface area (Å²) in [5, 5.41) is 21.1. The van der Waals surface area contributed by atoms with E-state index in [9.17, 15) is 14.7 Å². The van der Waals surface area contributed by atoms with Crippen molar-refractivity contribution in [3.8, 4) is 28.1 Å². The molecule has 2 aromatic carbocycles. The molecule has 156 valence electrons. The van der Waals surface area contributed by atoms with Gasteiger partial charge in [0.25, 0.3) is 5.91 Å². The van der Waals surface area contributed by atoms with Gasteiger partial charge in [0.1, 0.15) is 5.75 Å². The molecular weight excluding hydrogens is 398 g/mol. The molecule has 0 unspecified atom stereocenters. The molecule has 0 fully saturated rings. The number of phenolic OH excluding ortho intramolecular Hbond substituents is 1. The fourth-order valence-electron chi connectivity index (χ4n) is 3.17. The van der Waals surface area contributed by atoms with Crippen LogP contribution < -0.4 is 10.8 Å². The Bertz CT molecular complexity index is 1190. The van der Waals surface area contributed by atoms with Crippen molar-refractivity contribution in [1.82, 2.24) is 15.4 Å². The summed E-state index contributed by atoms with van der Waals surface area (Å²) in [5.74, 6) is -0.465. The lowest BCUT2D eigenvalue weighted by Crippen LogP contribution is -2.28. The minimum Gasteiger partial charge on any atom is -0.508 e. The molecule has 4 aromatic rings. The number of hydrogen-bond donors (Lipinski definition) is 4. The maximum absolute atomic E-state index is 13.0. The molecule has 2 heterocycles. The van der Waals surface area contributed by atoms with Gasteiger partial charge in [-0.15, -0.1) is 0 Å². The minimum atomic E-state index is -0.603. The molecule has 0 radical (unpaired) electrons. The van der Waals surface area contributed by atoms with Crippen molar-refractivity contribution in [2.75, 3.05) is 0 Å². The summed E-state index contributed by atoms with van der Waals surface area (Å²) in [7, 11) is 0. The SMILES string of the molecule is O=C(NO)c1ccc(CNC(=O)n2cc(-c3ccoc3)cc2-c2ccc(O)cc2)cc1.